The Morgan fingerprint density at radius 1 is 1.18 bits per heavy atom. The van der Waals surface area contributed by atoms with Crippen LogP contribution in [0.4, 0.5) is 14.5 Å². The first-order valence-corrected chi connectivity index (χ1v) is 7.08. The Kier molecular flexibility index (Phi) is 4.15. The zero-order valence-corrected chi connectivity index (χ0v) is 11.8. The molecule has 2 aromatic carbocycles. The van der Waals surface area contributed by atoms with Gasteiger partial charge < -0.3 is 10.1 Å². The maximum atomic E-state index is 13.6. The molecule has 2 aromatic rings. The van der Waals surface area contributed by atoms with Crippen LogP contribution in [-0.2, 0) is 16.0 Å². The molecule has 3 rings (SSSR count). The van der Waals surface area contributed by atoms with Crippen LogP contribution in [0, 0.1) is 11.6 Å². The summed E-state index contributed by atoms with van der Waals surface area (Å²) in [6.07, 6.45) is 0.515. The molecule has 1 aliphatic heterocycles. The molecule has 3 nitrogen and oxygen atoms in total. The Bertz CT molecular complexity index is 703. The minimum atomic E-state index is -1.05. The second-order valence-electron chi connectivity index (χ2n) is 5.16. The Hall–Kier alpha value is -2.27. The standard InChI is InChI=1S/C17H15F2NO2/c18-13-6-3-7-14(17(13)19)20-16(21)10-15-12-5-2-1-4-11(12)8-9-22-15/h1-7,15H,8-10H2,(H,20,21). The normalized spacial score (nSPS) is 16.9. The van der Waals surface area contributed by atoms with Crippen molar-refractivity contribution in [1.29, 1.82) is 0 Å². The van der Waals surface area contributed by atoms with E-state index in [-0.39, 0.29) is 18.2 Å². The molecule has 1 unspecified atom stereocenters. The van der Waals surface area contributed by atoms with Crippen molar-refractivity contribution in [1.82, 2.24) is 0 Å². The van der Waals surface area contributed by atoms with Crippen LogP contribution in [-0.4, -0.2) is 12.5 Å². The van der Waals surface area contributed by atoms with Crippen molar-refractivity contribution >= 4 is 11.6 Å². The van der Waals surface area contributed by atoms with Gasteiger partial charge in [-0.1, -0.05) is 30.3 Å². The number of carbonyl (C=O) groups is 1. The largest absolute Gasteiger partial charge is 0.373 e. The first kappa shape index (κ1) is 14.7. The topological polar surface area (TPSA) is 38.3 Å². The molecule has 0 saturated carbocycles. The van der Waals surface area contributed by atoms with Crippen molar-refractivity contribution < 1.29 is 18.3 Å². The van der Waals surface area contributed by atoms with E-state index in [2.05, 4.69) is 5.32 Å². The molecular formula is C17H15F2NO2. The summed E-state index contributed by atoms with van der Waals surface area (Å²) in [4.78, 5) is 12.1. The molecule has 5 heteroatoms. The lowest BCUT2D eigenvalue weighted by Crippen LogP contribution is -2.22. The Morgan fingerprint density at radius 3 is 2.86 bits per heavy atom. The second-order valence-corrected chi connectivity index (χ2v) is 5.16. The van der Waals surface area contributed by atoms with Gasteiger partial charge >= 0.3 is 0 Å². The number of ether oxygens (including phenoxy) is 1. The molecule has 0 bridgehead atoms. The molecule has 0 radical (unpaired) electrons. The number of benzene rings is 2. The molecule has 1 amide bonds. The van der Waals surface area contributed by atoms with E-state index in [9.17, 15) is 13.6 Å². The number of fused-ring (bicyclic) bond motifs is 1. The van der Waals surface area contributed by atoms with Crippen LogP contribution in [0.25, 0.3) is 0 Å². The zero-order valence-electron chi connectivity index (χ0n) is 11.8. The highest BCUT2D eigenvalue weighted by molar-refractivity contribution is 5.91. The van der Waals surface area contributed by atoms with Gasteiger partial charge in [-0.05, 0) is 29.7 Å². The highest BCUT2D eigenvalue weighted by Gasteiger charge is 2.23. The molecule has 1 N–H and O–H groups in total. The number of rotatable bonds is 3. The minimum absolute atomic E-state index is 0.0625. The second kappa shape index (κ2) is 6.23. The number of anilines is 1. The Balaban J connectivity index is 1.72. The number of hydrogen-bond acceptors (Lipinski definition) is 2. The van der Waals surface area contributed by atoms with E-state index in [4.69, 9.17) is 4.74 Å². The van der Waals surface area contributed by atoms with Gasteiger partial charge in [-0.15, -0.1) is 0 Å². The van der Waals surface area contributed by atoms with Gasteiger partial charge in [-0.3, -0.25) is 4.79 Å². The third kappa shape index (κ3) is 2.99. The molecule has 114 valence electrons. The predicted octanol–water partition coefficient (Wildman–Crippen LogP) is 3.61. The van der Waals surface area contributed by atoms with Gasteiger partial charge in [0.25, 0.3) is 0 Å². The molecule has 0 fully saturated rings. The average Bonchev–Trinajstić information content (AvgIpc) is 2.52. The van der Waals surface area contributed by atoms with Gasteiger partial charge in [0.05, 0.1) is 24.8 Å². The summed E-state index contributed by atoms with van der Waals surface area (Å²) in [5.41, 5.74) is 1.97. The number of carbonyl (C=O) groups excluding carboxylic acids is 1. The van der Waals surface area contributed by atoms with E-state index < -0.39 is 17.5 Å². The fraction of sp³-hybridized carbons (Fsp3) is 0.235. The van der Waals surface area contributed by atoms with Gasteiger partial charge in [-0.2, -0.15) is 0 Å². The Morgan fingerprint density at radius 2 is 2.00 bits per heavy atom. The summed E-state index contributed by atoms with van der Waals surface area (Å²) in [5.74, 6) is -2.45. The van der Waals surface area contributed by atoms with Gasteiger partial charge in [0.2, 0.25) is 5.91 Å². The van der Waals surface area contributed by atoms with Crippen molar-refractivity contribution in [2.24, 2.45) is 0 Å². The van der Waals surface area contributed by atoms with Crippen LogP contribution < -0.4 is 5.32 Å². The summed E-state index contributed by atoms with van der Waals surface area (Å²) in [7, 11) is 0. The average molecular weight is 303 g/mol. The Labute approximate surface area is 126 Å². The molecule has 0 saturated heterocycles. The van der Waals surface area contributed by atoms with E-state index in [0.29, 0.717) is 6.61 Å². The van der Waals surface area contributed by atoms with Crippen LogP contribution in [0.15, 0.2) is 42.5 Å². The zero-order chi connectivity index (χ0) is 15.5. The summed E-state index contributed by atoms with van der Waals surface area (Å²) in [5, 5.41) is 2.40. The predicted molar refractivity (Wildman–Crippen MR) is 78.4 cm³/mol. The fourth-order valence-electron chi connectivity index (χ4n) is 2.62. The molecular weight excluding hydrogens is 288 g/mol. The summed E-state index contributed by atoms with van der Waals surface area (Å²) in [6.45, 7) is 0.545. The molecule has 1 atom stereocenters. The fourth-order valence-corrected chi connectivity index (χ4v) is 2.62. The quantitative estimate of drug-likeness (QED) is 0.940. The van der Waals surface area contributed by atoms with E-state index in [1.165, 1.54) is 12.1 Å². The first-order valence-electron chi connectivity index (χ1n) is 7.08. The van der Waals surface area contributed by atoms with Gasteiger partial charge in [0.1, 0.15) is 0 Å². The molecule has 0 spiro atoms. The van der Waals surface area contributed by atoms with Crippen molar-refractivity contribution in [3.8, 4) is 0 Å². The van der Waals surface area contributed by atoms with E-state index in [0.717, 1.165) is 23.6 Å². The van der Waals surface area contributed by atoms with Crippen molar-refractivity contribution in [3.05, 3.63) is 65.2 Å². The number of amides is 1. The van der Waals surface area contributed by atoms with Gasteiger partial charge in [-0.25, -0.2) is 8.78 Å². The minimum Gasteiger partial charge on any atom is -0.373 e. The van der Waals surface area contributed by atoms with Crippen LogP contribution in [0.1, 0.15) is 23.7 Å². The highest BCUT2D eigenvalue weighted by Crippen LogP contribution is 2.30. The number of nitrogens with one attached hydrogen (secondary N) is 1. The molecule has 1 heterocycles. The lowest BCUT2D eigenvalue weighted by molar-refractivity contribution is -0.119. The van der Waals surface area contributed by atoms with Crippen LogP contribution in [0.2, 0.25) is 0 Å². The van der Waals surface area contributed by atoms with Crippen LogP contribution in [0.5, 0.6) is 0 Å². The lowest BCUT2D eigenvalue weighted by atomic mass is 9.95. The van der Waals surface area contributed by atoms with Crippen LogP contribution >= 0.6 is 0 Å². The summed E-state index contributed by atoms with van der Waals surface area (Å²) >= 11 is 0. The summed E-state index contributed by atoms with van der Waals surface area (Å²) < 4.78 is 32.3. The van der Waals surface area contributed by atoms with E-state index >= 15 is 0 Å². The lowest BCUT2D eigenvalue weighted by Gasteiger charge is -2.25. The molecule has 1 aliphatic rings. The molecule has 22 heavy (non-hydrogen) atoms. The monoisotopic (exact) mass is 303 g/mol. The molecule has 0 aliphatic carbocycles. The SMILES string of the molecule is O=C(CC1OCCc2ccccc21)Nc1cccc(F)c1F. The maximum absolute atomic E-state index is 13.6. The van der Waals surface area contributed by atoms with Crippen molar-refractivity contribution in [3.63, 3.8) is 0 Å². The smallest absolute Gasteiger partial charge is 0.227 e. The third-order valence-corrected chi connectivity index (χ3v) is 3.69. The van der Waals surface area contributed by atoms with E-state index in [1.807, 2.05) is 24.3 Å². The third-order valence-electron chi connectivity index (χ3n) is 3.69. The molecule has 0 aromatic heterocycles. The van der Waals surface area contributed by atoms with Gasteiger partial charge in [0.15, 0.2) is 11.6 Å². The van der Waals surface area contributed by atoms with Crippen molar-refractivity contribution in [2.75, 3.05) is 11.9 Å². The van der Waals surface area contributed by atoms with Crippen molar-refractivity contribution in [2.45, 2.75) is 18.9 Å². The van der Waals surface area contributed by atoms with Crippen LogP contribution in [0.3, 0.4) is 0 Å². The number of hydrogen-bond donors (Lipinski definition) is 1. The maximum Gasteiger partial charge on any atom is 0.227 e. The number of halogens is 2. The first-order chi connectivity index (χ1) is 10.6. The highest BCUT2D eigenvalue weighted by atomic mass is 19.2. The summed E-state index contributed by atoms with van der Waals surface area (Å²) in [6, 6.07) is 11.5. The van der Waals surface area contributed by atoms with E-state index in [1.54, 1.807) is 0 Å². The van der Waals surface area contributed by atoms with Gasteiger partial charge in [0, 0.05) is 0 Å².